The molecule has 0 bridgehead atoms. The number of anilines is 1. The molecule has 2 rings (SSSR count). The van der Waals surface area contributed by atoms with E-state index < -0.39 is 11.1 Å². The van der Waals surface area contributed by atoms with Crippen LogP contribution < -0.4 is 4.90 Å². The second-order valence-electron chi connectivity index (χ2n) is 6.88. The number of benzene rings is 1. The zero-order valence-corrected chi connectivity index (χ0v) is 14.1. The molecule has 0 fully saturated rings. The highest BCUT2D eigenvalue weighted by molar-refractivity contribution is 5.93. The van der Waals surface area contributed by atoms with Crippen molar-refractivity contribution in [1.82, 2.24) is 5.06 Å². The van der Waals surface area contributed by atoms with Crippen LogP contribution in [0.15, 0.2) is 30.3 Å². The average Bonchev–Trinajstić information content (AvgIpc) is 2.56. The fourth-order valence-electron chi connectivity index (χ4n) is 2.34. The van der Waals surface area contributed by atoms with Crippen molar-refractivity contribution in [2.24, 2.45) is 0 Å². The van der Waals surface area contributed by atoms with E-state index in [0.717, 1.165) is 21.1 Å². The normalized spacial score (nSPS) is 20.0. The number of amidine groups is 1. The van der Waals surface area contributed by atoms with Crippen molar-refractivity contribution in [2.45, 2.75) is 38.8 Å². The third-order valence-electron chi connectivity index (χ3n) is 4.76. The molecule has 5 heteroatoms. The minimum absolute atomic E-state index is 0.145. The van der Waals surface area contributed by atoms with Crippen molar-refractivity contribution in [2.75, 3.05) is 19.0 Å². The molecule has 119 valence electrons. The van der Waals surface area contributed by atoms with Gasteiger partial charge in [-0.1, -0.05) is 17.2 Å². The number of rotatable bonds is 3. The van der Waals surface area contributed by atoms with Gasteiger partial charge in [-0.25, -0.2) is 0 Å². The Labute approximate surface area is 132 Å². The van der Waals surface area contributed by atoms with Gasteiger partial charge in [0, 0.05) is 31.1 Å². The second-order valence-corrected chi connectivity index (χ2v) is 6.88. The maximum atomic E-state index is 12.4. The van der Waals surface area contributed by atoms with Crippen molar-refractivity contribution in [3.63, 3.8) is 0 Å². The van der Waals surface area contributed by atoms with Crippen LogP contribution in [0.1, 0.15) is 33.3 Å². The Hall–Kier alpha value is -2.01. The van der Waals surface area contributed by atoms with E-state index in [1.165, 1.54) is 0 Å². The number of hydroxylamine groups is 3. The molecular weight excluding hydrogens is 278 g/mol. The van der Waals surface area contributed by atoms with Crippen molar-refractivity contribution in [3.8, 4) is 0 Å². The highest BCUT2D eigenvalue weighted by atomic mass is 16.5. The third-order valence-corrected chi connectivity index (χ3v) is 4.76. The summed E-state index contributed by atoms with van der Waals surface area (Å²) in [4.78, 5) is 2.02. The van der Waals surface area contributed by atoms with E-state index in [0.29, 0.717) is 0 Å². The van der Waals surface area contributed by atoms with Gasteiger partial charge in [-0.05, 0) is 51.5 Å². The van der Waals surface area contributed by atoms with Crippen LogP contribution in [-0.2, 0) is 5.21 Å². The van der Waals surface area contributed by atoms with Gasteiger partial charge in [-0.15, -0.1) is 0 Å². The van der Waals surface area contributed by atoms with Crippen LogP contribution in [-0.4, -0.2) is 40.8 Å². The van der Waals surface area contributed by atoms with Crippen molar-refractivity contribution in [1.29, 1.82) is 0 Å². The van der Waals surface area contributed by atoms with E-state index in [2.05, 4.69) is 0 Å². The maximum Gasteiger partial charge on any atom is 0.309 e. The Kier molecular flexibility index (Phi) is 3.96. The Morgan fingerprint density at radius 2 is 1.64 bits per heavy atom. The monoisotopic (exact) mass is 302 g/mol. The zero-order chi connectivity index (χ0) is 16.7. The molecule has 0 saturated carbocycles. The molecule has 0 atom stereocenters. The van der Waals surface area contributed by atoms with Gasteiger partial charge in [0.25, 0.3) is 0 Å². The Bertz CT molecular complexity index is 613. The lowest BCUT2D eigenvalue weighted by Crippen LogP contribution is -2.53. The minimum Gasteiger partial charge on any atom is -0.714 e. The van der Waals surface area contributed by atoms with E-state index in [1.807, 2.05) is 43.3 Å². The zero-order valence-electron chi connectivity index (χ0n) is 14.1. The summed E-state index contributed by atoms with van der Waals surface area (Å²) in [6.07, 6.45) is 3.39. The molecule has 5 nitrogen and oxygen atoms in total. The molecule has 1 heterocycles. The maximum absolute atomic E-state index is 12.4. The average molecular weight is 302 g/mol. The van der Waals surface area contributed by atoms with E-state index in [4.69, 9.17) is 0 Å². The topological polar surface area (TPSA) is 52.4 Å². The summed E-state index contributed by atoms with van der Waals surface area (Å²) in [7, 11) is 3.96. The fourth-order valence-corrected chi connectivity index (χ4v) is 2.34. The Morgan fingerprint density at radius 3 is 2.05 bits per heavy atom. The fraction of sp³-hybridized carbons (Fsp3) is 0.471. The van der Waals surface area contributed by atoms with Gasteiger partial charge in [0.2, 0.25) is 0 Å². The van der Waals surface area contributed by atoms with E-state index in [9.17, 15) is 10.4 Å². The highest BCUT2D eigenvalue weighted by Gasteiger charge is 2.58. The van der Waals surface area contributed by atoms with Crippen LogP contribution in [0.2, 0.25) is 0 Å². The van der Waals surface area contributed by atoms with Gasteiger partial charge < -0.3 is 10.1 Å². The van der Waals surface area contributed by atoms with E-state index in [1.54, 1.807) is 39.8 Å². The van der Waals surface area contributed by atoms with Gasteiger partial charge in [-0.3, -0.25) is 4.74 Å². The van der Waals surface area contributed by atoms with E-state index >= 15 is 0 Å². The summed E-state index contributed by atoms with van der Waals surface area (Å²) in [5.74, 6) is 0.145. The summed E-state index contributed by atoms with van der Waals surface area (Å²) in [6.45, 7) is 7.16. The number of hydrogen-bond acceptors (Lipinski definition) is 3. The van der Waals surface area contributed by atoms with Gasteiger partial charge in [0.1, 0.15) is 5.54 Å². The lowest BCUT2D eigenvalue weighted by molar-refractivity contribution is -0.539. The Balaban J connectivity index is 2.28. The molecule has 1 radical (unpaired) electrons. The standard InChI is InChI=1S/C17H24N3O2/c1-16(2)17(3,4)20(22)15(19(16)21)12-9-13-7-10-14(11-8-13)18(5)6/h7-12H,1-6H3/b12-9+. The van der Waals surface area contributed by atoms with E-state index in [-0.39, 0.29) is 5.84 Å². The van der Waals surface area contributed by atoms with Crippen molar-refractivity contribution >= 4 is 17.6 Å². The number of nitrogens with zero attached hydrogens (tertiary/aromatic N) is 3. The predicted molar refractivity (Wildman–Crippen MR) is 89.1 cm³/mol. The molecule has 1 aromatic rings. The van der Waals surface area contributed by atoms with Crippen LogP contribution in [0.4, 0.5) is 5.69 Å². The SMILES string of the molecule is CN(C)c1ccc(/C=C/C2=[N+]([O-])C(C)(C)C(C)(C)N2[O])cc1. The first-order chi connectivity index (χ1) is 10.1. The van der Waals surface area contributed by atoms with Gasteiger partial charge in [0.05, 0.1) is 0 Å². The molecule has 0 spiro atoms. The lowest BCUT2D eigenvalue weighted by Gasteiger charge is -2.32. The highest BCUT2D eigenvalue weighted by Crippen LogP contribution is 2.36. The first kappa shape index (κ1) is 16.4. The van der Waals surface area contributed by atoms with Crippen molar-refractivity contribution < 1.29 is 9.95 Å². The third kappa shape index (κ3) is 2.46. The second kappa shape index (κ2) is 5.32. The largest absolute Gasteiger partial charge is 0.714 e. The van der Waals surface area contributed by atoms with Gasteiger partial charge >= 0.3 is 5.84 Å². The van der Waals surface area contributed by atoms with Crippen LogP contribution >= 0.6 is 0 Å². The molecule has 0 aromatic heterocycles. The molecule has 0 saturated heterocycles. The molecule has 0 unspecified atom stereocenters. The minimum atomic E-state index is -0.775. The quantitative estimate of drug-likeness (QED) is 0.637. The smallest absolute Gasteiger partial charge is 0.309 e. The number of hydrogen-bond donors (Lipinski definition) is 0. The van der Waals surface area contributed by atoms with Crippen molar-refractivity contribution in [3.05, 3.63) is 41.1 Å². The van der Waals surface area contributed by atoms with Crippen LogP contribution in [0.25, 0.3) is 6.08 Å². The first-order valence-electron chi connectivity index (χ1n) is 7.36. The molecule has 0 N–H and O–H groups in total. The molecule has 0 aliphatic carbocycles. The lowest BCUT2D eigenvalue weighted by atomic mass is 9.84. The molecule has 1 aliphatic heterocycles. The first-order valence-corrected chi connectivity index (χ1v) is 7.36. The van der Waals surface area contributed by atoms with Gasteiger partial charge in [0.15, 0.2) is 5.54 Å². The predicted octanol–water partition coefficient (Wildman–Crippen LogP) is 2.89. The summed E-state index contributed by atoms with van der Waals surface area (Å²) >= 11 is 0. The summed E-state index contributed by atoms with van der Waals surface area (Å²) in [5.41, 5.74) is 0.498. The van der Waals surface area contributed by atoms with Crippen LogP contribution in [0.5, 0.6) is 0 Å². The van der Waals surface area contributed by atoms with Crippen LogP contribution in [0.3, 0.4) is 0 Å². The molecule has 0 amide bonds. The Morgan fingerprint density at radius 1 is 1.09 bits per heavy atom. The summed E-state index contributed by atoms with van der Waals surface area (Å²) < 4.78 is 0.810. The molecular formula is C17H24N3O2. The molecule has 22 heavy (non-hydrogen) atoms. The summed E-state index contributed by atoms with van der Waals surface area (Å²) in [5, 5.41) is 25.6. The van der Waals surface area contributed by atoms with Crippen LogP contribution in [0, 0.1) is 5.21 Å². The summed E-state index contributed by atoms with van der Waals surface area (Å²) in [6, 6.07) is 7.91. The van der Waals surface area contributed by atoms with Gasteiger partial charge in [-0.2, -0.15) is 0 Å². The molecule has 1 aromatic carbocycles. The molecule has 1 aliphatic rings.